The van der Waals surface area contributed by atoms with E-state index in [4.69, 9.17) is 0 Å². The molecule has 0 radical (unpaired) electrons. The zero-order valence-corrected chi connectivity index (χ0v) is 9.23. The van der Waals surface area contributed by atoms with Crippen molar-refractivity contribution in [2.24, 2.45) is 0 Å². The first-order valence-corrected chi connectivity index (χ1v) is 5.02. The van der Waals surface area contributed by atoms with Crippen LogP contribution >= 0.6 is 0 Å². The summed E-state index contributed by atoms with van der Waals surface area (Å²) in [6.45, 7) is 0. The molecular weight excluding hydrogens is 271 g/mol. The molecule has 19 heavy (non-hydrogen) atoms. The molecule has 0 spiro atoms. The summed E-state index contributed by atoms with van der Waals surface area (Å²) in [6, 6.07) is 5.13. The molecular formula is C11H7F5N2O. The van der Waals surface area contributed by atoms with Crippen molar-refractivity contribution in [1.29, 1.82) is 0 Å². The Morgan fingerprint density at radius 3 is 2.32 bits per heavy atom. The Kier molecular flexibility index (Phi) is 3.17. The molecule has 1 aromatic carbocycles. The number of nitrogens with zero attached hydrogens (tertiary/aromatic N) is 2. The van der Waals surface area contributed by atoms with Gasteiger partial charge in [0.15, 0.2) is 5.75 Å². The fourth-order valence-electron chi connectivity index (χ4n) is 1.35. The molecule has 1 heterocycles. The molecule has 0 aliphatic heterocycles. The molecule has 0 saturated heterocycles. The SMILES string of the molecule is FC(F)(F)C(F)(F)Oc1ccccc1-n1ccnc1. The molecule has 0 atom stereocenters. The smallest absolute Gasteiger partial charge is 0.424 e. The Morgan fingerprint density at radius 1 is 1.05 bits per heavy atom. The van der Waals surface area contributed by atoms with Crippen molar-refractivity contribution in [2.45, 2.75) is 12.3 Å². The van der Waals surface area contributed by atoms with Crippen LogP contribution in [0.4, 0.5) is 22.0 Å². The van der Waals surface area contributed by atoms with Crippen LogP contribution in [-0.2, 0) is 0 Å². The summed E-state index contributed by atoms with van der Waals surface area (Å²) in [4.78, 5) is 3.68. The van der Waals surface area contributed by atoms with Gasteiger partial charge in [0.05, 0.1) is 12.0 Å². The van der Waals surface area contributed by atoms with Gasteiger partial charge in [0.2, 0.25) is 0 Å². The molecule has 0 aliphatic carbocycles. The Bertz CT molecular complexity index is 550. The number of para-hydroxylation sites is 2. The van der Waals surface area contributed by atoms with E-state index in [0.29, 0.717) is 0 Å². The largest absolute Gasteiger partial charge is 0.499 e. The highest BCUT2D eigenvalue weighted by atomic mass is 19.4. The molecule has 2 rings (SSSR count). The number of alkyl halides is 5. The standard InChI is InChI=1S/C11H7F5N2O/c12-10(13,14)11(15,16)19-9-4-2-1-3-8(9)18-6-5-17-7-18/h1-7H. The van der Waals surface area contributed by atoms with Crippen LogP contribution in [0.3, 0.4) is 0 Å². The molecule has 0 aliphatic rings. The van der Waals surface area contributed by atoms with Gasteiger partial charge in [0, 0.05) is 12.4 Å². The normalized spacial score (nSPS) is 12.5. The van der Waals surface area contributed by atoms with Crippen molar-refractivity contribution in [3.8, 4) is 11.4 Å². The second-order valence-electron chi connectivity index (χ2n) is 3.55. The topological polar surface area (TPSA) is 27.1 Å². The lowest BCUT2D eigenvalue weighted by Gasteiger charge is -2.21. The summed E-state index contributed by atoms with van der Waals surface area (Å²) in [5.74, 6) is -0.595. The molecule has 1 aromatic heterocycles. The Balaban J connectivity index is 2.37. The molecule has 0 fully saturated rings. The van der Waals surface area contributed by atoms with E-state index < -0.39 is 18.0 Å². The van der Waals surface area contributed by atoms with Crippen LogP contribution in [0, 0.1) is 0 Å². The molecule has 0 N–H and O–H groups in total. The first kappa shape index (κ1) is 13.3. The second-order valence-corrected chi connectivity index (χ2v) is 3.55. The van der Waals surface area contributed by atoms with Crippen molar-refractivity contribution < 1.29 is 26.7 Å². The van der Waals surface area contributed by atoms with Gasteiger partial charge in [0.25, 0.3) is 0 Å². The summed E-state index contributed by atoms with van der Waals surface area (Å²) in [6.07, 6.45) is -7.03. The molecule has 8 heteroatoms. The maximum Gasteiger partial charge on any atom is 0.499 e. The Hall–Kier alpha value is -2.12. The number of benzene rings is 1. The Morgan fingerprint density at radius 2 is 1.74 bits per heavy atom. The number of hydrogen-bond donors (Lipinski definition) is 0. The number of halogens is 5. The van der Waals surface area contributed by atoms with Crippen molar-refractivity contribution in [1.82, 2.24) is 9.55 Å². The lowest BCUT2D eigenvalue weighted by molar-refractivity contribution is -0.360. The molecule has 0 unspecified atom stereocenters. The molecule has 3 nitrogen and oxygen atoms in total. The third kappa shape index (κ3) is 2.67. The predicted molar refractivity (Wildman–Crippen MR) is 55.2 cm³/mol. The van der Waals surface area contributed by atoms with Crippen LogP contribution in [0.25, 0.3) is 5.69 Å². The lowest BCUT2D eigenvalue weighted by atomic mass is 10.3. The average molecular weight is 278 g/mol. The highest BCUT2D eigenvalue weighted by Gasteiger charge is 2.61. The van der Waals surface area contributed by atoms with Gasteiger partial charge in [-0.05, 0) is 12.1 Å². The maximum absolute atomic E-state index is 12.9. The summed E-state index contributed by atoms with van der Waals surface area (Å²) < 4.78 is 67.1. The van der Waals surface area contributed by atoms with Crippen LogP contribution in [-0.4, -0.2) is 21.8 Å². The molecule has 2 aromatic rings. The van der Waals surface area contributed by atoms with E-state index in [1.165, 1.54) is 41.5 Å². The van der Waals surface area contributed by atoms with Crippen molar-refractivity contribution in [3.63, 3.8) is 0 Å². The molecule has 102 valence electrons. The summed E-state index contributed by atoms with van der Waals surface area (Å²) >= 11 is 0. The van der Waals surface area contributed by atoms with Gasteiger partial charge in [-0.3, -0.25) is 0 Å². The minimum Gasteiger partial charge on any atom is -0.424 e. The van der Waals surface area contributed by atoms with Crippen molar-refractivity contribution in [3.05, 3.63) is 43.0 Å². The van der Waals surface area contributed by atoms with Gasteiger partial charge < -0.3 is 9.30 Å². The van der Waals surface area contributed by atoms with Gasteiger partial charge in [0.1, 0.15) is 0 Å². The fraction of sp³-hybridized carbons (Fsp3) is 0.182. The fourth-order valence-corrected chi connectivity index (χ4v) is 1.35. The highest BCUT2D eigenvalue weighted by molar-refractivity contribution is 5.46. The lowest BCUT2D eigenvalue weighted by Crippen LogP contribution is -2.42. The third-order valence-corrected chi connectivity index (χ3v) is 2.22. The van der Waals surface area contributed by atoms with Gasteiger partial charge in [-0.25, -0.2) is 4.98 Å². The van der Waals surface area contributed by atoms with E-state index in [9.17, 15) is 22.0 Å². The monoisotopic (exact) mass is 278 g/mol. The van der Waals surface area contributed by atoms with Crippen LogP contribution in [0.15, 0.2) is 43.0 Å². The number of rotatable bonds is 3. The highest BCUT2D eigenvalue weighted by Crippen LogP contribution is 2.38. The average Bonchev–Trinajstić information content (AvgIpc) is 2.81. The first-order valence-electron chi connectivity index (χ1n) is 5.02. The van der Waals surface area contributed by atoms with Gasteiger partial charge in [-0.15, -0.1) is 0 Å². The maximum atomic E-state index is 12.9. The van der Waals surface area contributed by atoms with E-state index in [2.05, 4.69) is 9.72 Å². The zero-order chi connectivity index (χ0) is 14.1. The van der Waals surface area contributed by atoms with E-state index in [1.807, 2.05) is 0 Å². The Labute approximate surface area is 104 Å². The summed E-state index contributed by atoms with van der Waals surface area (Å²) in [5, 5.41) is 0. The van der Waals surface area contributed by atoms with Crippen molar-refractivity contribution in [2.75, 3.05) is 0 Å². The van der Waals surface area contributed by atoms with E-state index in [-0.39, 0.29) is 5.69 Å². The van der Waals surface area contributed by atoms with Gasteiger partial charge in [-0.1, -0.05) is 12.1 Å². The minimum absolute atomic E-state index is 0.0314. The first-order chi connectivity index (χ1) is 8.81. The number of hydrogen-bond acceptors (Lipinski definition) is 2. The number of ether oxygens (including phenoxy) is 1. The quantitative estimate of drug-likeness (QED) is 0.804. The molecule has 0 saturated carbocycles. The summed E-state index contributed by atoms with van der Waals surface area (Å²) in [5.41, 5.74) is 0.0314. The third-order valence-electron chi connectivity index (χ3n) is 2.22. The van der Waals surface area contributed by atoms with Crippen molar-refractivity contribution >= 4 is 0 Å². The number of aromatic nitrogens is 2. The molecule has 0 amide bonds. The summed E-state index contributed by atoms with van der Waals surface area (Å²) in [7, 11) is 0. The predicted octanol–water partition coefficient (Wildman–Crippen LogP) is 3.41. The van der Waals surface area contributed by atoms with Crippen LogP contribution in [0.1, 0.15) is 0 Å². The molecule has 0 bridgehead atoms. The van der Waals surface area contributed by atoms with E-state index in [0.717, 1.165) is 6.07 Å². The number of imidazole rings is 1. The van der Waals surface area contributed by atoms with E-state index in [1.54, 1.807) is 0 Å². The van der Waals surface area contributed by atoms with Gasteiger partial charge in [-0.2, -0.15) is 22.0 Å². The van der Waals surface area contributed by atoms with Crippen LogP contribution in [0.5, 0.6) is 5.75 Å². The van der Waals surface area contributed by atoms with Crippen LogP contribution in [0.2, 0.25) is 0 Å². The second kappa shape index (κ2) is 4.52. The van der Waals surface area contributed by atoms with E-state index >= 15 is 0 Å². The zero-order valence-electron chi connectivity index (χ0n) is 9.23. The minimum atomic E-state index is -5.78. The van der Waals surface area contributed by atoms with Gasteiger partial charge >= 0.3 is 12.3 Å². The van der Waals surface area contributed by atoms with Crippen LogP contribution < -0.4 is 4.74 Å².